The van der Waals surface area contributed by atoms with Crippen molar-refractivity contribution in [1.82, 2.24) is 0 Å². The first-order valence-electron chi connectivity index (χ1n) is 25.9. The molecule has 0 amide bonds. The van der Waals surface area contributed by atoms with Crippen LogP contribution in [0.25, 0.3) is 0 Å². The van der Waals surface area contributed by atoms with Gasteiger partial charge in [-0.3, -0.25) is 4.18 Å². The molecule has 0 radical (unpaired) electrons. The van der Waals surface area contributed by atoms with Crippen molar-refractivity contribution in [2.75, 3.05) is 26.1 Å². The molecule has 0 aromatic heterocycles. The molecule has 0 aliphatic carbocycles. The van der Waals surface area contributed by atoms with Crippen molar-refractivity contribution >= 4 is 18.4 Å². The van der Waals surface area contributed by atoms with Gasteiger partial charge in [0, 0.05) is 6.61 Å². The van der Waals surface area contributed by atoms with Crippen molar-refractivity contribution in [2.24, 2.45) is 0 Å². The Hall–Kier alpha value is -4.91. The summed E-state index contributed by atoms with van der Waals surface area (Å²) in [4.78, 5) is 0. The van der Waals surface area contributed by atoms with Gasteiger partial charge in [0.05, 0.1) is 65.2 Å². The molecule has 6 aromatic carbocycles. The quantitative estimate of drug-likeness (QED) is 0.0315. The van der Waals surface area contributed by atoms with Gasteiger partial charge >= 0.3 is 0 Å². The standard InChI is InChI=1S/C61H76O12SSi/c1-61(2,3)75(5,6)70-38-37-53(66-41-49-29-17-9-18-30-49)56(55(73-74(4,62)63)46-65-40-48-27-15-8-16-28-48)72-60-59(69-44-52-35-23-12-24-36-52)58(68-43-51-33-21-11-22-34-51)57(67-42-50-31-19-10-20-32-50)54(71-60)45-64-39-47-25-13-7-14-26-47/h7-36,53-60H,37-46H2,1-6H3/t53-,54-,55-,56+,57+,58+,59-,60+/m1/s1. The molecule has 1 fully saturated rings. The minimum Gasteiger partial charge on any atom is -0.417 e. The fraction of sp³-hybridized carbons (Fsp3) is 0.410. The molecule has 6 aromatic rings. The highest BCUT2D eigenvalue weighted by molar-refractivity contribution is 7.86. The first kappa shape index (κ1) is 57.8. The molecule has 14 heteroatoms. The normalized spacial score (nSPS) is 19.6. The van der Waals surface area contributed by atoms with Crippen LogP contribution in [0.1, 0.15) is 60.6 Å². The van der Waals surface area contributed by atoms with Gasteiger partial charge in [0.15, 0.2) is 14.6 Å². The summed E-state index contributed by atoms with van der Waals surface area (Å²) in [5, 5.41) is -0.0821. The van der Waals surface area contributed by atoms with Crippen molar-refractivity contribution in [2.45, 2.75) is 134 Å². The van der Waals surface area contributed by atoms with Crippen molar-refractivity contribution in [1.29, 1.82) is 0 Å². The predicted octanol–water partition coefficient (Wildman–Crippen LogP) is 11.6. The van der Waals surface area contributed by atoms with E-state index >= 15 is 0 Å². The van der Waals surface area contributed by atoms with E-state index in [0.29, 0.717) is 19.6 Å². The summed E-state index contributed by atoms with van der Waals surface area (Å²) < 4.78 is 95.5. The van der Waals surface area contributed by atoms with Gasteiger partial charge in [-0.1, -0.05) is 203 Å². The Morgan fingerprint density at radius 1 is 0.520 bits per heavy atom. The monoisotopic (exact) mass is 1060 g/mol. The second-order valence-electron chi connectivity index (χ2n) is 20.5. The Morgan fingerprint density at radius 3 is 1.36 bits per heavy atom. The minimum atomic E-state index is -4.15. The van der Waals surface area contributed by atoms with E-state index in [0.717, 1.165) is 39.6 Å². The highest BCUT2D eigenvalue weighted by Crippen LogP contribution is 2.38. The van der Waals surface area contributed by atoms with Crippen LogP contribution in [0.3, 0.4) is 0 Å². The highest BCUT2D eigenvalue weighted by atomic mass is 32.2. The Morgan fingerprint density at radius 2 is 0.920 bits per heavy atom. The van der Waals surface area contributed by atoms with Crippen LogP contribution in [0.2, 0.25) is 18.1 Å². The maximum atomic E-state index is 13.5. The third-order valence-corrected chi connectivity index (χ3v) is 18.7. The lowest BCUT2D eigenvalue weighted by Gasteiger charge is -2.47. The van der Waals surface area contributed by atoms with E-state index in [9.17, 15) is 8.42 Å². The summed E-state index contributed by atoms with van der Waals surface area (Å²) in [5.74, 6) is 0. The number of hydrogen-bond donors (Lipinski definition) is 0. The second-order valence-corrected chi connectivity index (χ2v) is 26.9. The van der Waals surface area contributed by atoms with Gasteiger partial charge in [0.2, 0.25) is 0 Å². The van der Waals surface area contributed by atoms with E-state index in [4.69, 9.17) is 46.5 Å². The first-order chi connectivity index (χ1) is 36.2. The zero-order valence-electron chi connectivity index (χ0n) is 44.3. The Kier molecular flexibility index (Phi) is 22.3. The molecule has 0 bridgehead atoms. The molecule has 0 N–H and O–H groups in total. The summed E-state index contributed by atoms with van der Waals surface area (Å²) in [6.45, 7) is 12.4. The van der Waals surface area contributed by atoms with Crippen molar-refractivity contribution in [3.8, 4) is 0 Å². The van der Waals surface area contributed by atoms with Gasteiger partial charge in [-0.25, -0.2) is 0 Å². The van der Waals surface area contributed by atoms with Gasteiger partial charge in [0.25, 0.3) is 10.1 Å². The van der Waals surface area contributed by atoms with E-state index < -0.39 is 67.5 Å². The van der Waals surface area contributed by atoms with Crippen LogP contribution in [-0.4, -0.2) is 91.8 Å². The number of ether oxygens (including phenoxy) is 8. The molecule has 0 unspecified atom stereocenters. The third kappa shape index (κ3) is 19.0. The number of hydrogen-bond acceptors (Lipinski definition) is 12. The zero-order chi connectivity index (χ0) is 52.9. The van der Waals surface area contributed by atoms with Crippen LogP contribution in [0.5, 0.6) is 0 Å². The van der Waals surface area contributed by atoms with Crippen molar-refractivity contribution in [3.05, 3.63) is 215 Å². The maximum absolute atomic E-state index is 13.5. The van der Waals surface area contributed by atoms with Crippen molar-refractivity contribution in [3.63, 3.8) is 0 Å². The Balaban J connectivity index is 1.33. The molecule has 1 saturated heterocycles. The summed E-state index contributed by atoms with van der Waals surface area (Å²) in [7, 11) is -6.43. The lowest BCUT2D eigenvalue weighted by molar-refractivity contribution is -0.347. The van der Waals surface area contributed by atoms with Gasteiger partial charge in [-0.05, 0) is 57.9 Å². The van der Waals surface area contributed by atoms with Crippen LogP contribution in [0, 0.1) is 0 Å². The van der Waals surface area contributed by atoms with Gasteiger partial charge < -0.3 is 42.3 Å². The van der Waals surface area contributed by atoms with Crippen LogP contribution in [0.4, 0.5) is 0 Å². The van der Waals surface area contributed by atoms with Gasteiger partial charge in [-0.15, -0.1) is 0 Å². The molecule has 1 aliphatic rings. The molecule has 402 valence electrons. The van der Waals surface area contributed by atoms with E-state index in [1.807, 2.05) is 182 Å². The lowest BCUT2D eigenvalue weighted by atomic mass is 9.97. The Labute approximate surface area is 446 Å². The summed E-state index contributed by atoms with van der Waals surface area (Å²) in [6, 6.07) is 59.1. The lowest BCUT2D eigenvalue weighted by Crippen LogP contribution is -2.63. The molecule has 7 rings (SSSR count). The van der Waals surface area contributed by atoms with Crippen LogP contribution in [0.15, 0.2) is 182 Å². The highest BCUT2D eigenvalue weighted by Gasteiger charge is 2.51. The largest absolute Gasteiger partial charge is 0.417 e. The number of rotatable bonds is 30. The zero-order valence-corrected chi connectivity index (χ0v) is 46.1. The molecule has 12 nitrogen and oxygen atoms in total. The first-order valence-corrected chi connectivity index (χ1v) is 30.6. The maximum Gasteiger partial charge on any atom is 0.264 e. The summed E-state index contributed by atoms with van der Waals surface area (Å²) in [6.07, 6.45) is -6.55. The molecular weight excluding hydrogens is 985 g/mol. The Bertz CT molecular complexity index is 2610. The molecule has 1 aliphatic heterocycles. The van der Waals surface area contributed by atoms with E-state index in [2.05, 4.69) is 33.9 Å². The fourth-order valence-electron chi connectivity index (χ4n) is 8.46. The smallest absolute Gasteiger partial charge is 0.264 e. The van der Waals surface area contributed by atoms with Crippen molar-refractivity contribution < 1.29 is 54.9 Å². The molecule has 0 saturated carbocycles. The van der Waals surface area contributed by atoms with E-state index in [1.165, 1.54) is 0 Å². The summed E-state index contributed by atoms with van der Waals surface area (Å²) >= 11 is 0. The molecule has 75 heavy (non-hydrogen) atoms. The van der Waals surface area contributed by atoms with E-state index in [-0.39, 0.29) is 51.3 Å². The molecule has 0 spiro atoms. The molecule has 1 heterocycles. The minimum absolute atomic E-state index is 0.0766. The SMILES string of the molecule is CC(C)(C)[Si](C)(C)OCC[C@@H](OCc1ccccc1)[C@H](O[C@@H]1O[C@H](COCc2ccccc2)[C@H](OCc2ccccc2)[C@H](OCc2ccccc2)[C@H]1OCc1ccccc1)[C@@H](COCc1ccccc1)OS(C)(=O)=O. The van der Waals surface area contributed by atoms with Gasteiger partial charge in [-0.2, -0.15) is 8.42 Å². The molecular formula is C61H76O12SSi. The second kappa shape index (κ2) is 29.0. The fourth-order valence-corrected chi connectivity index (χ4v) is 10.1. The predicted molar refractivity (Wildman–Crippen MR) is 293 cm³/mol. The average Bonchev–Trinajstić information content (AvgIpc) is 3.41. The topological polar surface area (TPSA) is 126 Å². The average molecular weight is 1060 g/mol. The third-order valence-electron chi connectivity index (χ3n) is 13.5. The van der Waals surface area contributed by atoms with Gasteiger partial charge in [0.1, 0.15) is 36.6 Å². The van der Waals surface area contributed by atoms with E-state index in [1.54, 1.807) is 0 Å². The molecule has 8 atom stereocenters. The van der Waals surface area contributed by atoms with Crippen LogP contribution >= 0.6 is 0 Å². The van der Waals surface area contributed by atoms with Crippen LogP contribution in [-0.2, 0) is 96.3 Å². The number of benzene rings is 6. The van der Waals surface area contributed by atoms with Crippen LogP contribution < -0.4 is 0 Å². The summed E-state index contributed by atoms with van der Waals surface area (Å²) in [5.41, 5.74) is 5.60.